The van der Waals surface area contributed by atoms with Crippen LogP contribution in [-0.2, 0) is 0 Å². The average molecular weight is 741 g/mol. The summed E-state index contributed by atoms with van der Waals surface area (Å²) in [5, 5.41) is 15.2. The Kier molecular flexibility index (Phi) is 8.02. The molecule has 1 heterocycles. The molecule has 0 bridgehead atoms. The molecule has 0 aliphatic rings. The molecule has 1 aromatic heterocycles. The predicted molar refractivity (Wildman–Crippen MR) is 283 cm³/mol. The molecule has 11 aromatic rings. The van der Waals surface area contributed by atoms with Crippen LogP contribution in [-0.4, -0.2) is 62.8 Å². The fourth-order valence-corrected chi connectivity index (χ4v) is 10.4. The van der Waals surface area contributed by atoms with Gasteiger partial charge >= 0.3 is 0 Å². The van der Waals surface area contributed by atoms with E-state index >= 15 is 0 Å². The first-order valence-electron chi connectivity index (χ1n) is 20.9. The molecule has 0 aliphatic heterocycles. The van der Waals surface area contributed by atoms with E-state index in [4.69, 9.17) is 4.42 Å². The van der Waals surface area contributed by atoms with Gasteiger partial charge in [0.15, 0.2) is 0 Å². The van der Waals surface area contributed by atoms with Crippen molar-refractivity contribution in [2.45, 2.75) is 0 Å². The highest BCUT2D eigenvalue weighted by molar-refractivity contribution is 6.71. The maximum Gasteiger partial charge on any atom is 0.139 e. The van der Waals surface area contributed by atoms with Gasteiger partial charge in [-0.1, -0.05) is 119 Å². The van der Waals surface area contributed by atoms with Crippen molar-refractivity contribution in [1.82, 2.24) is 0 Å². The van der Waals surface area contributed by atoms with E-state index < -0.39 is 0 Å². The van der Waals surface area contributed by atoms with Gasteiger partial charge in [-0.05, 0) is 124 Å². The Bertz CT molecular complexity index is 3580. The summed E-state index contributed by atoms with van der Waals surface area (Å²) in [5.41, 5.74) is 20.3. The van der Waals surface area contributed by atoms with Gasteiger partial charge in [-0.25, -0.2) is 0 Å². The van der Waals surface area contributed by atoms with Crippen LogP contribution in [0.25, 0.3) is 109 Å². The van der Waals surface area contributed by atoms with Crippen molar-refractivity contribution in [3.8, 4) is 33.4 Å². The molecule has 0 spiro atoms. The molecule has 0 saturated heterocycles. The molecule has 0 atom stereocenters. The van der Waals surface area contributed by atoms with Crippen molar-refractivity contribution in [3.63, 3.8) is 0 Å². The zero-order chi connectivity index (χ0) is 40.4. The fourth-order valence-electron chi connectivity index (χ4n) is 10.4. The van der Waals surface area contributed by atoms with Gasteiger partial charge in [-0.15, -0.1) is 21.9 Å². The Morgan fingerprint density at radius 2 is 0.712 bits per heavy atom. The molecule has 11 rings (SSSR count). The van der Waals surface area contributed by atoms with E-state index in [1.165, 1.54) is 131 Å². The number of furan rings is 1. The van der Waals surface area contributed by atoms with Crippen LogP contribution in [0.1, 0.15) is 0 Å². The molecule has 0 fully saturated rings. The van der Waals surface area contributed by atoms with E-state index in [2.05, 4.69) is 196 Å². The number of benzene rings is 10. The molecule has 0 amide bonds. The molecule has 10 aromatic carbocycles. The summed E-state index contributed by atoms with van der Waals surface area (Å²) in [5.74, 6) is 0. The lowest BCUT2D eigenvalue weighted by Crippen LogP contribution is -2.50. The van der Waals surface area contributed by atoms with Crippen LogP contribution in [0.3, 0.4) is 0 Å². The minimum atomic E-state index is 0.919. The first-order chi connectivity index (χ1) is 28.6. The van der Waals surface area contributed by atoms with Crippen LogP contribution >= 0.6 is 0 Å². The van der Waals surface area contributed by atoms with Crippen LogP contribution in [0.2, 0.25) is 0 Å². The lowest BCUT2D eigenvalue weighted by Gasteiger charge is -2.28. The third kappa shape index (κ3) is 5.23. The summed E-state index contributed by atoms with van der Waals surface area (Å²) >= 11 is 0. The largest absolute Gasteiger partial charge is 0.456 e. The highest BCUT2D eigenvalue weighted by Gasteiger charge is 2.26. The van der Waals surface area contributed by atoms with E-state index in [1.807, 2.05) is 0 Å². The maximum absolute atomic E-state index is 6.55. The monoisotopic (exact) mass is 742 g/mol. The molecule has 59 heavy (non-hydrogen) atoms. The zero-order valence-electron chi connectivity index (χ0n) is 35.1. The molecule has 0 unspecified atom stereocenters. The van der Waals surface area contributed by atoms with Gasteiger partial charge in [0.2, 0.25) is 0 Å². The van der Waals surface area contributed by atoms with Crippen molar-refractivity contribution in [2.24, 2.45) is 0 Å². The van der Waals surface area contributed by atoms with Crippen molar-refractivity contribution >= 4 is 182 Å². The molecule has 0 aliphatic carbocycles. The number of hydrogen-bond donors (Lipinski definition) is 0. The molecule has 268 valence electrons. The summed E-state index contributed by atoms with van der Waals surface area (Å²) in [6.45, 7) is 0. The molecule has 0 radical (unpaired) electrons. The summed E-state index contributed by atoms with van der Waals surface area (Å²) < 4.78 is 6.55. The van der Waals surface area contributed by atoms with Gasteiger partial charge in [0.25, 0.3) is 0 Å². The highest BCUT2D eigenvalue weighted by Crippen LogP contribution is 2.43. The summed E-state index contributed by atoms with van der Waals surface area (Å²) in [6.07, 6.45) is 0. The Labute approximate surface area is 351 Å². The van der Waals surface area contributed by atoms with Gasteiger partial charge in [-0.2, -0.15) is 0 Å². The third-order valence-corrected chi connectivity index (χ3v) is 14.2. The highest BCUT2D eigenvalue weighted by atomic mass is 16.3. The van der Waals surface area contributed by atoms with Crippen LogP contribution in [0.15, 0.2) is 138 Å². The first-order valence-corrected chi connectivity index (χ1v) is 20.9. The van der Waals surface area contributed by atoms with Crippen LogP contribution in [0.4, 0.5) is 0 Å². The van der Waals surface area contributed by atoms with E-state index in [-0.39, 0.29) is 0 Å². The third-order valence-electron chi connectivity index (χ3n) is 14.2. The topological polar surface area (TPSA) is 13.1 Å². The van der Waals surface area contributed by atoms with E-state index in [9.17, 15) is 0 Å². The standard InChI is InChI=1S/C50H38B8O/c51-43-39-37(29-10-5-9-25(18-29)28-15-14-24-13-12-23-6-3-4-11-31(23)32(24)19-28)40-42(46(54)50(58)48(56)44(40)52)38(41(39)45(53)49(57)47(43)55)30-16-17-35-33(21-30)34-20-26-7-1-2-8-27(26)22-36(34)59-35/h1-22H,51-58H2. The predicted octanol–water partition coefficient (Wildman–Crippen LogP) is 0.420. The minimum absolute atomic E-state index is 0.919. The van der Waals surface area contributed by atoms with Crippen LogP contribution in [0, 0.1) is 0 Å². The summed E-state index contributed by atoms with van der Waals surface area (Å²) in [6, 6.07) is 49.5. The van der Waals surface area contributed by atoms with Crippen molar-refractivity contribution in [2.75, 3.05) is 0 Å². The van der Waals surface area contributed by atoms with Gasteiger partial charge in [-0.3, -0.25) is 0 Å². The quantitative estimate of drug-likeness (QED) is 0.146. The Hall–Kier alpha value is -6.18. The molecule has 0 N–H and O–H groups in total. The number of fused-ring (bicyclic) bond motifs is 9. The van der Waals surface area contributed by atoms with Crippen molar-refractivity contribution in [3.05, 3.63) is 133 Å². The second kappa shape index (κ2) is 13.2. The second-order valence-corrected chi connectivity index (χ2v) is 17.1. The van der Waals surface area contributed by atoms with Gasteiger partial charge < -0.3 is 4.42 Å². The molecule has 1 nitrogen and oxygen atoms in total. The van der Waals surface area contributed by atoms with Gasteiger partial charge in [0, 0.05) is 10.8 Å². The SMILES string of the molecule is Bc1c(B)c(B)c2c(-c3ccc4oc5cc6ccccc6cc5c4c3)c3c(B)c(B)c(B)c(B)c3c(-c3cccc(-c4ccc5ccc6ccccc6c5c4)c3)c2c1B. The summed E-state index contributed by atoms with van der Waals surface area (Å²) in [4.78, 5) is 0. The number of rotatable bonds is 3. The van der Waals surface area contributed by atoms with Crippen LogP contribution < -0.4 is 43.7 Å². The van der Waals surface area contributed by atoms with Crippen LogP contribution in [0.5, 0.6) is 0 Å². The van der Waals surface area contributed by atoms with Crippen molar-refractivity contribution in [1.29, 1.82) is 0 Å². The molecule has 9 heteroatoms. The van der Waals surface area contributed by atoms with Gasteiger partial charge in [0.05, 0.1) is 0 Å². The second-order valence-electron chi connectivity index (χ2n) is 17.1. The average Bonchev–Trinajstić information content (AvgIpc) is 3.63. The molecular weight excluding hydrogens is 703 g/mol. The fraction of sp³-hybridized carbons (Fsp3) is 0. The zero-order valence-corrected chi connectivity index (χ0v) is 35.1. The van der Waals surface area contributed by atoms with Gasteiger partial charge in [0.1, 0.15) is 73.9 Å². The van der Waals surface area contributed by atoms with E-state index in [0.29, 0.717) is 0 Å². The Morgan fingerprint density at radius 3 is 1.34 bits per heavy atom. The summed E-state index contributed by atoms with van der Waals surface area (Å²) in [7, 11) is 18.6. The first kappa shape index (κ1) is 35.9. The minimum Gasteiger partial charge on any atom is -0.456 e. The van der Waals surface area contributed by atoms with E-state index in [1.54, 1.807) is 0 Å². The number of hydrogen-bond acceptors (Lipinski definition) is 1. The maximum atomic E-state index is 6.55. The Balaban J connectivity index is 1.25. The molecule has 0 saturated carbocycles. The smallest absolute Gasteiger partial charge is 0.139 e. The normalized spacial score (nSPS) is 11.9. The Morgan fingerprint density at radius 1 is 0.271 bits per heavy atom. The lowest BCUT2D eigenvalue weighted by molar-refractivity contribution is 0.669. The molecular formula is C50H38B8O. The lowest BCUT2D eigenvalue weighted by atomic mass is 9.59. The van der Waals surface area contributed by atoms with E-state index in [0.717, 1.165) is 21.9 Å². The van der Waals surface area contributed by atoms with Crippen molar-refractivity contribution < 1.29 is 4.42 Å².